The van der Waals surface area contributed by atoms with Crippen molar-refractivity contribution in [3.63, 3.8) is 0 Å². The summed E-state index contributed by atoms with van der Waals surface area (Å²) in [4.78, 5) is 24.2. The average molecular weight is 437 g/mol. The third kappa shape index (κ3) is 3.50. The van der Waals surface area contributed by atoms with Gasteiger partial charge in [-0.1, -0.05) is 43.7 Å². The van der Waals surface area contributed by atoms with Crippen molar-refractivity contribution in [2.75, 3.05) is 0 Å². The molecule has 1 aromatic rings. The van der Waals surface area contributed by atoms with Crippen molar-refractivity contribution in [3.8, 4) is 0 Å². The Bertz CT molecular complexity index is 921. The molecule has 0 radical (unpaired) electrons. The van der Waals surface area contributed by atoms with E-state index >= 15 is 0 Å². The summed E-state index contributed by atoms with van der Waals surface area (Å²) in [5.74, 6) is 1.61. The van der Waals surface area contributed by atoms with E-state index in [1.165, 1.54) is 18.9 Å². The highest BCUT2D eigenvalue weighted by molar-refractivity contribution is 5.89. The number of rotatable bonds is 3. The summed E-state index contributed by atoms with van der Waals surface area (Å²) in [7, 11) is 0. The number of carbonyl (C=O) groups excluding carboxylic acids is 2. The largest absolute Gasteiger partial charge is 0.462 e. The van der Waals surface area contributed by atoms with Crippen LogP contribution in [0.1, 0.15) is 82.5 Å². The second kappa shape index (κ2) is 8.04. The minimum atomic E-state index is -0.179. The zero-order valence-electron chi connectivity index (χ0n) is 19.6. The molecule has 4 aliphatic rings. The predicted molar refractivity (Wildman–Crippen MR) is 123 cm³/mol. The maximum absolute atomic E-state index is 12.8. The maximum atomic E-state index is 12.8. The summed E-state index contributed by atoms with van der Waals surface area (Å²) in [6, 6.07) is 9.40. The SMILES string of the molecule is CC(=O)O[C@@H]1CC[C@]2(C)C(=CC[C@@H]3[C@H]4CC[C@@H](OC(=O)c5ccccc5)[C@]4(C)CC[C@H]32)C1. The van der Waals surface area contributed by atoms with E-state index in [-0.39, 0.29) is 35.0 Å². The van der Waals surface area contributed by atoms with Gasteiger partial charge in [-0.05, 0) is 80.2 Å². The van der Waals surface area contributed by atoms with Crippen LogP contribution in [0.15, 0.2) is 42.0 Å². The van der Waals surface area contributed by atoms with Crippen molar-refractivity contribution in [1.29, 1.82) is 0 Å². The Morgan fingerprint density at radius 3 is 2.47 bits per heavy atom. The Hall–Kier alpha value is -2.10. The predicted octanol–water partition coefficient (Wildman–Crippen LogP) is 6.11. The normalized spacial score (nSPS) is 40.3. The number of carbonyl (C=O) groups is 2. The van der Waals surface area contributed by atoms with Crippen molar-refractivity contribution in [1.82, 2.24) is 0 Å². The fourth-order valence-electron chi connectivity index (χ4n) is 7.88. The quantitative estimate of drug-likeness (QED) is 0.424. The van der Waals surface area contributed by atoms with Gasteiger partial charge in [0.15, 0.2) is 0 Å². The van der Waals surface area contributed by atoms with Crippen LogP contribution in [0.3, 0.4) is 0 Å². The number of ether oxygens (including phenoxy) is 2. The smallest absolute Gasteiger partial charge is 0.338 e. The topological polar surface area (TPSA) is 52.6 Å². The van der Waals surface area contributed by atoms with Gasteiger partial charge in [0.05, 0.1) is 5.56 Å². The molecule has 1 aromatic carbocycles. The highest BCUT2D eigenvalue weighted by Crippen LogP contribution is 2.65. The molecular formula is C28H36O4. The van der Waals surface area contributed by atoms with Gasteiger partial charge < -0.3 is 9.47 Å². The van der Waals surface area contributed by atoms with E-state index in [0.29, 0.717) is 23.3 Å². The Balaban J connectivity index is 1.33. The Morgan fingerprint density at radius 1 is 0.938 bits per heavy atom. The number of fused-ring (bicyclic) bond motifs is 5. The summed E-state index contributed by atoms with van der Waals surface area (Å²) in [5.41, 5.74) is 2.46. The monoisotopic (exact) mass is 436 g/mol. The van der Waals surface area contributed by atoms with Crippen LogP contribution in [0.25, 0.3) is 0 Å². The zero-order chi connectivity index (χ0) is 22.5. The Labute approximate surface area is 191 Å². The van der Waals surface area contributed by atoms with Crippen LogP contribution in [0.2, 0.25) is 0 Å². The molecule has 3 saturated carbocycles. The van der Waals surface area contributed by atoms with Gasteiger partial charge in [0.2, 0.25) is 0 Å². The van der Waals surface area contributed by atoms with Gasteiger partial charge in [-0.2, -0.15) is 0 Å². The molecule has 0 unspecified atom stereocenters. The van der Waals surface area contributed by atoms with Gasteiger partial charge in [0, 0.05) is 18.8 Å². The van der Waals surface area contributed by atoms with Crippen molar-refractivity contribution < 1.29 is 19.1 Å². The maximum Gasteiger partial charge on any atom is 0.338 e. The Morgan fingerprint density at radius 2 is 1.72 bits per heavy atom. The third-order valence-corrected chi connectivity index (χ3v) is 9.56. The molecule has 0 heterocycles. The van der Waals surface area contributed by atoms with Gasteiger partial charge in [-0.25, -0.2) is 4.79 Å². The molecule has 0 saturated heterocycles. The first-order chi connectivity index (χ1) is 15.3. The highest BCUT2D eigenvalue weighted by atomic mass is 16.5. The van der Waals surface area contributed by atoms with Crippen LogP contribution >= 0.6 is 0 Å². The van der Waals surface area contributed by atoms with E-state index in [1.54, 1.807) is 0 Å². The van der Waals surface area contributed by atoms with Crippen molar-refractivity contribution in [2.45, 2.75) is 84.3 Å². The fourth-order valence-corrected chi connectivity index (χ4v) is 7.88. The van der Waals surface area contributed by atoms with Crippen LogP contribution in [0.4, 0.5) is 0 Å². The second-order valence-corrected chi connectivity index (χ2v) is 11.1. The standard InChI is InChI=1S/C28H36O4/c1-18(29)31-21-13-15-27(2)20(17-21)9-10-22-23-11-12-25(28(23,3)16-14-24(22)27)32-26(30)19-7-5-4-6-8-19/h4-9,21-25H,10-17H2,1-3H3/t21-,22-,23-,24-,25-,27-,28-/m1/s1. The first-order valence-corrected chi connectivity index (χ1v) is 12.4. The van der Waals surface area contributed by atoms with Crippen LogP contribution in [0, 0.1) is 28.6 Å². The minimum Gasteiger partial charge on any atom is -0.462 e. The summed E-state index contributed by atoms with van der Waals surface area (Å²) >= 11 is 0. The van der Waals surface area contributed by atoms with E-state index in [0.717, 1.165) is 44.9 Å². The van der Waals surface area contributed by atoms with Crippen molar-refractivity contribution >= 4 is 11.9 Å². The van der Waals surface area contributed by atoms with E-state index in [9.17, 15) is 9.59 Å². The van der Waals surface area contributed by atoms with Gasteiger partial charge >= 0.3 is 11.9 Å². The molecule has 0 aromatic heterocycles. The van der Waals surface area contributed by atoms with Gasteiger partial charge in [0.25, 0.3) is 0 Å². The molecule has 0 aliphatic heterocycles. The number of esters is 2. The molecule has 172 valence electrons. The summed E-state index contributed by atoms with van der Waals surface area (Å²) in [5, 5.41) is 0. The van der Waals surface area contributed by atoms with Gasteiger partial charge in [-0.15, -0.1) is 0 Å². The zero-order valence-corrected chi connectivity index (χ0v) is 19.6. The Kier molecular flexibility index (Phi) is 5.46. The second-order valence-electron chi connectivity index (χ2n) is 11.1. The number of allylic oxidation sites excluding steroid dienone is 1. The molecule has 0 bridgehead atoms. The minimum absolute atomic E-state index is 0.0130. The molecule has 0 amide bonds. The van der Waals surface area contributed by atoms with Crippen LogP contribution in [0.5, 0.6) is 0 Å². The summed E-state index contributed by atoms with van der Waals surface area (Å²) < 4.78 is 11.7. The molecule has 0 spiro atoms. The van der Waals surface area contributed by atoms with Crippen LogP contribution < -0.4 is 0 Å². The molecular weight excluding hydrogens is 400 g/mol. The fraction of sp³-hybridized carbons (Fsp3) is 0.643. The van der Waals surface area contributed by atoms with E-state index < -0.39 is 0 Å². The first-order valence-electron chi connectivity index (χ1n) is 12.4. The third-order valence-electron chi connectivity index (χ3n) is 9.56. The van der Waals surface area contributed by atoms with Crippen molar-refractivity contribution in [3.05, 3.63) is 47.5 Å². The lowest BCUT2D eigenvalue weighted by Crippen LogP contribution is -2.51. The summed E-state index contributed by atoms with van der Waals surface area (Å²) in [6.07, 6.45) is 11.1. The van der Waals surface area contributed by atoms with E-state index in [1.807, 2.05) is 30.3 Å². The van der Waals surface area contributed by atoms with E-state index in [4.69, 9.17) is 9.47 Å². The molecule has 4 heteroatoms. The number of hydrogen-bond acceptors (Lipinski definition) is 4. The highest BCUT2D eigenvalue weighted by Gasteiger charge is 2.59. The molecule has 5 rings (SSSR count). The lowest BCUT2D eigenvalue weighted by molar-refractivity contribution is -0.148. The molecule has 3 fully saturated rings. The first kappa shape index (κ1) is 21.7. The van der Waals surface area contributed by atoms with Crippen LogP contribution in [-0.2, 0) is 14.3 Å². The molecule has 0 N–H and O–H groups in total. The number of benzene rings is 1. The van der Waals surface area contributed by atoms with Crippen molar-refractivity contribution in [2.24, 2.45) is 28.6 Å². The molecule has 32 heavy (non-hydrogen) atoms. The lowest BCUT2D eigenvalue weighted by atomic mass is 9.48. The van der Waals surface area contributed by atoms with Gasteiger partial charge in [0.1, 0.15) is 12.2 Å². The lowest BCUT2D eigenvalue weighted by Gasteiger charge is -2.57. The summed E-state index contributed by atoms with van der Waals surface area (Å²) in [6.45, 7) is 6.36. The van der Waals surface area contributed by atoms with E-state index in [2.05, 4.69) is 19.9 Å². The molecule has 7 atom stereocenters. The number of hydrogen-bond donors (Lipinski definition) is 0. The average Bonchev–Trinajstić information content (AvgIpc) is 3.10. The van der Waals surface area contributed by atoms with Crippen LogP contribution in [-0.4, -0.2) is 24.1 Å². The molecule has 4 aliphatic carbocycles. The van der Waals surface area contributed by atoms with Gasteiger partial charge in [-0.3, -0.25) is 4.79 Å². The molecule has 4 nitrogen and oxygen atoms in total.